The molecule has 3 nitrogen and oxygen atoms in total. The molecule has 0 rings (SSSR count). The highest BCUT2D eigenvalue weighted by Crippen LogP contribution is 1.97. The van der Waals surface area contributed by atoms with Gasteiger partial charge in [0.05, 0.1) is 7.11 Å². The quantitative estimate of drug-likeness (QED) is 0.417. The van der Waals surface area contributed by atoms with E-state index >= 15 is 0 Å². The molecule has 0 aromatic heterocycles. The number of terminal acetylenes is 1. The van der Waals surface area contributed by atoms with Gasteiger partial charge in [0.25, 0.3) is 0 Å². The van der Waals surface area contributed by atoms with Crippen molar-refractivity contribution >= 4 is 5.97 Å². The van der Waals surface area contributed by atoms with Crippen molar-refractivity contribution in [2.75, 3.05) is 14.2 Å². The Morgan fingerprint density at radius 1 is 1.70 bits per heavy atom. The van der Waals surface area contributed by atoms with Crippen LogP contribution in [0.2, 0.25) is 0 Å². The molecule has 0 heterocycles. The highest BCUT2D eigenvalue weighted by molar-refractivity contribution is 5.74. The maximum Gasteiger partial charge on any atom is 0.335 e. The van der Waals surface area contributed by atoms with Crippen LogP contribution in [-0.2, 0) is 14.3 Å². The molecule has 0 amide bonds. The molecule has 1 unspecified atom stereocenters. The van der Waals surface area contributed by atoms with Crippen LogP contribution in [0.4, 0.5) is 0 Å². The van der Waals surface area contributed by atoms with Crippen molar-refractivity contribution in [3.05, 3.63) is 0 Å². The summed E-state index contributed by atoms with van der Waals surface area (Å²) in [6.45, 7) is 0. The van der Waals surface area contributed by atoms with Gasteiger partial charge in [0.1, 0.15) is 0 Å². The predicted molar refractivity (Wildman–Crippen MR) is 36.3 cm³/mol. The van der Waals surface area contributed by atoms with Crippen molar-refractivity contribution in [1.29, 1.82) is 0 Å². The van der Waals surface area contributed by atoms with Gasteiger partial charge < -0.3 is 9.47 Å². The normalized spacial score (nSPS) is 11.7. The first kappa shape index (κ1) is 8.99. The van der Waals surface area contributed by atoms with Gasteiger partial charge in [-0.05, 0) is 0 Å². The van der Waals surface area contributed by atoms with E-state index in [1.54, 1.807) is 0 Å². The van der Waals surface area contributed by atoms with Gasteiger partial charge in [-0.15, -0.1) is 12.3 Å². The third kappa shape index (κ3) is 2.51. The van der Waals surface area contributed by atoms with Crippen molar-refractivity contribution in [3.8, 4) is 12.3 Å². The fourth-order valence-electron chi connectivity index (χ4n) is 0.501. The summed E-state index contributed by atoms with van der Waals surface area (Å²) in [5.41, 5.74) is 0. The smallest absolute Gasteiger partial charge is 0.335 e. The zero-order chi connectivity index (χ0) is 7.98. The maximum absolute atomic E-state index is 10.7. The summed E-state index contributed by atoms with van der Waals surface area (Å²) in [5, 5.41) is 0. The molecule has 0 aliphatic rings. The number of carbonyl (C=O) groups is 1. The number of methoxy groups -OCH3 is 2. The maximum atomic E-state index is 10.7. The second-order valence-electron chi connectivity index (χ2n) is 1.66. The van der Waals surface area contributed by atoms with E-state index in [9.17, 15) is 4.79 Å². The molecule has 0 fully saturated rings. The topological polar surface area (TPSA) is 35.5 Å². The van der Waals surface area contributed by atoms with Gasteiger partial charge >= 0.3 is 5.97 Å². The Kier molecular flexibility index (Phi) is 4.34. The largest absolute Gasteiger partial charge is 0.467 e. The van der Waals surface area contributed by atoms with E-state index < -0.39 is 12.1 Å². The van der Waals surface area contributed by atoms with Gasteiger partial charge in [-0.1, -0.05) is 0 Å². The molecule has 1 atom stereocenters. The molecule has 0 aliphatic heterocycles. The lowest BCUT2D eigenvalue weighted by atomic mass is 10.3. The standard InChI is InChI=1S/C7H10O3/c1-4-5-6(9-2)7(8)10-3/h1,6H,5H2,2-3H3. The molecule has 0 saturated heterocycles. The molecular formula is C7H10O3. The van der Waals surface area contributed by atoms with Crippen LogP contribution in [0.1, 0.15) is 6.42 Å². The van der Waals surface area contributed by atoms with Crippen LogP contribution in [0, 0.1) is 12.3 Å². The number of hydrogen-bond acceptors (Lipinski definition) is 3. The fraction of sp³-hybridized carbons (Fsp3) is 0.571. The van der Waals surface area contributed by atoms with Gasteiger partial charge in [0.2, 0.25) is 0 Å². The van der Waals surface area contributed by atoms with Gasteiger partial charge in [-0.2, -0.15) is 0 Å². The van der Waals surface area contributed by atoms with E-state index in [-0.39, 0.29) is 6.42 Å². The summed E-state index contributed by atoms with van der Waals surface area (Å²) in [6, 6.07) is 0. The highest BCUT2D eigenvalue weighted by atomic mass is 16.6. The number of carbonyl (C=O) groups excluding carboxylic acids is 1. The number of ether oxygens (including phenoxy) is 2. The molecule has 0 aromatic carbocycles. The summed E-state index contributed by atoms with van der Waals surface area (Å²) in [7, 11) is 2.71. The molecule has 0 radical (unpaired) electrons. The fourth-order valence-corrected chi connectivity index (χ4v) is 0.501. The Morgan fingerprint density at radius 2 is 2.30 bits per heavy atom. The van der Waals surface area contributed by atoms with Crippen LogP contribution < -0.4 is 0 Å². The van der Waals surface area contributed by atoms with Crippen molar-refractivity contribution in [2.45, 2.75) is 12.5 Å². The van der Waals surface area contributed by atoms with E-state index in [0.717, 1.165) is 0 Å². The summed E-state index contributed by atoms with van der Waals surface area (Å²) in [5.74, 6) is 1.88. The van der Waals surface area contributed by atoms with Crippen LogP contribution in [0.15, 0.2) is 0 Å². The van der Waals surface area contributed by atoms with E-state index in [1.165, 1.54) is 14.2 Å². The molecular weight excluding hydrogens is 132 g/mol. The van der Waals surface area contributed by atoms with Crippen molar-refractivity contribution in [2.24, 2.45) is 0 Å². The van der Waals surface area contributed by atoms with Crippen molar-refractivity contribution in [1.82, 2.24) is 0 Å². The minimum Gasteiger partial charge on any atom is -0.467 e. The lowest BCUT2D eigenvalue weighted by Crippen LogP contribution is -2.23. The lowest BCUT2D eigenvalue weighted by Gasteiger charge is -2.07. The zero-order valence-electron chi connectivity index (χ0n) is 6.09. The first-order valence-electron chi connectivity index (χ1n) is 2.80. The first-order valence-corrected chi connectivity index (χ1v) is 2.80. The number of esters is 1. The SMILES string of the molecule is C#CCC(OC)C(=O)OC. The van der Waals surface area contributed by atoms with E-state index in [2.05, 4.69) is 10.7 Å². The lowest BCUT2D eigenvalue weighted by molar-refractivity contribution is -0.151. The third-order valence-corrected chi connectivity index (χ3v) is 1.05. The number of hydrogen-bond donors (Lipinski definition) is 0. The summed E-state index contributed by atoms with van der Waals surface area (Å²) in [6.07, 6.45) is 4.60. The number of rotatable bonds is 3. The van der Waals surface area contributed by atoms with Gasteiger partial charge in [-0.3, -0.25) is 0 Å². The van der Waals surface area contributed by atoms with Crippen LogP contribution in [0.5, 0.6) is 0 Å². The molecule has 0 aliphatic carbocycles. The van der Waals surface area contributed by atoms with Crippen LogP contribution in [0.25, 0.3) is 0 Å². The molecule has 0 saturated carbocycles. The average Bonchev–Trinajstić information content (AvgIpc) is 1.99. The Labute approximate surface area is 60.3 Å². The minimum absolute atomic E-state index is 0.253. The predicted octanol–water partition coefficient (Wildman–Crippen LogP) is 0.198. The average molecular weight is 142 g/mol. The zero-order valence-corrected chi connectivity index (χ0v) is 6.09. The van der Waals surface area contributed by atoms with Crippen LogP contribution in [0.3, 0.4) is 0 Å². The molecule has 0 spiro atoms. The second-order valence-corrected chi connectivity index (χ2v) is 1.66. The highest BCUT2D eigenvalue weighted by Gasteiger charge is 2.15. The Hall–Kier alpha value is -1.01. The first-order chi connectivity index (χ1) is 4.76. The van der Waals surface area contributed by atoms with Crippen LogP contribution >= 0.6 is 0 Å². The molecule has 0 bridgehead atoms. The van der Waals surface area contributed by atoms with E-state index in [0.29, 0.717) is 0 Å². The Bertz CT molecular complexity index is 145. The summed E-state index contributed by atoms with van der Waals surface area (Å²) < 4.78 is 9.12. The van der Waals surface area contributed by atoms with E-state index in [4.69, 9.17) is 11.2 Å². The van der Waals surface area contributed by atoms with Gasteiger partial charge in [-0.25, -0.2) is 4.79 Å². The van der Waals surface area contributed by atoms with Crippen molar-refractivity contribution in [3.63, 3.8) is 0 Å². The molecule has 0 N–H and O–H groups in total. The van der Waals surface area contributed by atoms with Gasteiger partial charge in [0.15, 0.2) is 6.10 Å². The van der Waals surface area contributed by atoms with Crippen molar-refractivity contribution < 1.29 is 14.3 Å². The Morgan fingerprint density at radius 3 is 2.60 bits per heavy atom. The molecule has 3 heteroatoms. The Balaban J connectivity index is 3.83. The van der Waals surface area contributed by atoms with E-state index in [1.807, 2.05) is 0 Å². The third-order valence-electron chi connectivity index (χ3n) is 1.05. The summed E-state index contributed by atoms with van der Waals surface area (Å²) in [4.78, 5) is 10.7. The minimum atomic E-state index is -0.616. The van der Waals surface area contributed by atoms with Gasteiger partial charge in [0, 0.05) is 13.5 Å². The molecule has 10 heavy (non-hydrogen) atoms. The molecule has 0 aromatic rings. The molecule has 56 valence electrons. The monoisotopic (exact) mass is 142 g/mol. The second kappa shape index (κ2) is 4.83. The summed E-state index contributed by atoms with van der Waals surface area (Å²) >= 11 is 0. The van der Waals surface area contributed by atoms with Crippen LogP contribution in [-0.4, -0.2) is 26.3 Å².